The predicted octanol–water partition coefficient (Wildman–Crippen LogP) is 6.92. The first-order valence-corrected chi connectivity index (χ1v) is 9.76. The number of carbonyl (C=O) groups is 1. The molecule has 1 radical (unpaired) electrons. The first kappa shape index (κ1) is 18.6. The maximum absolute atomic E-state index is 12.3. The van der Waals surface area contributed by atoms with Crippen LogP contribution in [0.25, 0.3) is 11.1 Å². The van der Waals surface area contributed by atoms with Gasteiger partial charge in [-0.3, -0.25) is 4.79 Å². The molecule has 1 nitrogen and oxygen atoms in total. The van der Waals surface area contributed by atoms with Crippen molar-refractivity contribution in [1.82, 2.24) is 0 Å². The minimum atomic E-state index is 0.187. The molecule has 3 aromatic rings. The van der Waals surface area contributed by atoms with E-state index in [0.29, 0.717) is 6.42 Å². The SMILES string of the molecule is O=C(C[CH]CCCc1ccccc1)c1ccc(-c2ccc(Br)cc2)cc1. The van der Waals surface area contributed by atoms with Crippen LogP contribution < -0.4 is 0 Å². The van der Waals surface area contributed by atoms with Crippen LogP contribution in [0.1, 0.15) is 35.2 Å². The maximum atomic E-state index is 12.3. The van der Waals surface area contributed by atoms with Crippen LogP contribution in [0.3, 0.4) is 0 Å². The van der Waals surface area contributed by atoms with Crippen molar-refractivity contribution in [2.75, 3.05) is 0 Å². The maximum Gasteiger partial charge on any atom is 0.163 e. The zero-order valence-corrected chi connectivity index (χ0v) is 16.3. The normalized spacial score (nSPS) is 10.7. The number of carbonyl (C=O) groups excluding carboxylic acids is 1. The molecule has 3 rings (SSSR count). The van der Waals surface area contributed by atoms with Crippen molar-refractivity contribution in [2.24, 2.45) is 0 Å². The molecule has 0 aliphatic carbocycles. The lowest BCUT2D eigenvalue weighted by atomic mass is 9.99. The van der Waals surface area contributed by atoms with Gasteiger partial charge in [0.15, 0.2) is 5.78 Å². The minimum Gasteiger partial charge on any atom is -0.294 e. The fourth-order valence-electron chi connectivity index (χ4n) is 2.94. The fourth-order valence-corrected chi connectivity index (χ4v) is 3.20. The lowest BCUT2D eigenvalue weighted by Gasteiger charge is -2.05. The van der Waals surface area contributed by atoms with Crippen molar-refractivity contribution in [2.45, 2.75) is 25.7 Å². The number of ketones is 1. The highest BCUT2D eigenvalue weighted by Crippen LogP contribution is 2.22. The second-order valence-corrected chi connectivity index (χ2v) is 7.29. The average Bonchev–Trinajstić information content (AvgIpc) is 2.69. The molecule has 0 saturated carbocycles. The van der Waals surface area contributed by atoms with Crippen molar-refractivity contribution in [3.63, 3.8) is 0 Å². The van der Waals surface area contributed by atoms with Gasteiger partial charge in [-0.25, -0.2) is 0 Å². The van der Waals surface area contributed by atoms with E-state index >= 15 is 0 Å². The predicted molar refractivity (Wildman–Crippen MR) is 112 cm³/mol. The van der Waals surface area contributed by atoms with Crippen LogP contribution in [0.5, 0.6) is 0 Å². The molecule has 0 bridgehead atoms. The second kappa shape index (κ2) is 9.49. The number of hydrogen-bond donors (Lipinski definition) is 0. The Bertz CT molecular complexity index is 820. The van der Waals surface area contributed by atoms with Gasteiger partial charge >= 0.3 is 0 Å². The first-order valence-electron chi connectivity index (χ1n) is 8.97. The van der Waals surface area contributed by atoms with Gasteiger partial charge < -0.3 is 0 Å². The number of hydrogen-bond acceptors (Lipinski definition) is 1. The fraction of sp³-hybridized carbons (Fsp3) is 0.167. The summed E-state index contributed by atoms with van der Waals surface area (Å²) in [6, 6.07) is 26.6. The van der Waals surface area contributed by atoms with Crippen LogP contribution >= 0.6 is 15.9 Å². The van der Waals surface area contributed by atoms with Crippen LogP contribution in [-0.4, -0.2) is 5.78 Å². The van der Waals surface area contributed by atoms with E-state index in [4.69, 9.17) is 0 Å². The number of halogens is 1. The summed E-state index contributed by atoms with van der Waals surface area (Å²) in [7, 11) is 0. The molecule has 0 aliphatic heterocycles. The summed E-state index contributed by atoms with van der Waals surface area (Å²) >= 11 is 3.45. The van der Waals surface area contributed by atoms with E-state index in [1.165, 1.54) is 5.56 Å². The van der Waals surface area contributed by atoms with Crippen molar-refractivity contribution in [1.29, 1.82) is 0 Å². The van der Waals surface area contributed by atoms with E-state index in [0.717, 1.165) is 40.4 Å². The van der Waals surface area contributed by atoms with Crippen molar-refractivity contribution >= 4 is 21.7 Å². The molecule has 26 heavy (non-hydrogen) atoms. The number of aryl methyl sites for hydroxylation is 1. The average molecular weight is 406 g/mol. The van der Waals surface area contributed by atoms with Gasteiger partial charge in [0.05, 0.1) is 0 Å². The Labute approximate surface area is 164 Å². The van der Waals surface area contributed by atoms with E-state index < -0.39 is 0 Å². The number of unbranched alkanes of at least 4 members (excludes halogenated alkanes) is 2. The molecule has 131 valence electrons. The molecule has 0 N–H and O–H groups in total. The Kier molecular flexibility index (Phi) is 6.79. The van der Waals surface area contributed by atoms with E-state index in [-0.39, 0.29) is 5.78 Å². The second-order valence-electron chi connectivity index (χ2n) is 6.38. The molecule has 0 spiro atoms. The molecule has 0 amide bonds. The standard InChI is InChI=1S/C24H22BrO/c25-23-17-15-21(16-18-23)20-11-13-22(14-12-20)24(26)10-6-2-5-9-19-7-3-1-4-8-19/h1,3-4,6-8,11-18H,2,5,9-10H2. The lowest BCUT2D eigenvalue weighted by molar-refractivity contribution is 0.0991. The Morgan fingerprint density at radius 3 is 2.08 bits per heavy atom. The number of benzene rings is 3. The molecule has 0 aliphatic rings. The van der Waals surface area contributed by atoms with Crippen molar-refractivity contribution < 1.29 is 4.79 Å². The third-order valence-electron chi connectivity index (χ3n) is 4.43. The summed E-state index contributed by atoms with van der Waals surface area (Å²) in [5.41, 5.74) is 4.42. The molecule has 3 aromatic carbocycles. The Hall–Kier alpha value is -2.19. The Balaban J connectivity index is 1.45. The van der Waals surface area contributed by atoms with E-state index in [2.05, 4.69) is 58.7 Å². The van der Waals surface area contributed by atoms with Gasteiger partial charge in [-0.2, -0.15) is 0 Å². The molecular formula is C24H22BrO. The van der Waals surface area contributed by atoms with Gasteiger partial charge in [0, 0.05) is 16.5 Å². The Morgan fingerprint density at radius 1 is 0.808 bits per heavy atom. The van der Waals surface area contributed by atoms with Crippen LogP contribution in [0.15, 0.2) is 83.3 Å². The molecule has 0 aromatic heterocycles. The quantitative estimate of drug-likeness (QED) is 0.293. The van der Waals surface area contributed by atoms with Gasteiger partial charge in [-0.15, -0.1) is 0 Å². The minimum absolute atomic E-state index is 0.187. The monoisotopic (exact) mass is 405 g/mol. The largest absolute Gasteiger partial charge is 0.294 e. The number of rotatable bonds is 8. The lowest BCUT2D eigenvalue weighted by Crippen LogP contribution is -1.99. The molecule has 0 fully saturated rings. The van der Waals surface area contributed by atoms with E-state index in [9.17, 15) is 4.79 Å². The van der Waals surface area contributed by atoms with Gasteiger partial charge in [0.1, 0.15) is 0 Å². The molecule has 0 saturated heterocycles. The Morgan fingerprint density at radius 2 is 1.42 bits per heavy atom. The van der Waals surface area contributed by atoms with Crippen LogP contribution in [0.4, 0.5) is 0 Å². The topological polar surface area (TPSA) is 17.1 Å². The molecule has 0 atom stereocenters. The van der Waals surface area contributed by atoms with E-state index in [1.54, 1.807) is 0 Å². The third-order valence-corrected chi connectivity index (χ3v) is 4.96. The van der Waals surface area contributed by atoms with Gasteiger partial charge in [0.25, 0.3) is 0 Å². The molecule has 0 unspecified atom stereocenters. The summed E-state index contributed by atoms with van der Waals surface area (Å²) < 4.78 is 1.07. The number of Topliss-reactive ketones (excluding diaryl/α,β-unsaturated/α-hetero) is 1. The first-order chi connectivity index (χ1) is 12.7. The summed E-state index contributed by atoms with van der Waals surface area (Å²) in [5, 5.41) is 0. The summed E-state index contributed by atoms with van der Waals surface area (Å²) in [6.45, 7) is 0. The van der Waals surface area contributed by atoms with Gasteiger partial charge in [0.2, 0.25) is 0 Å². The zero-order chi connectivity index (χ0) is 18.2. The van der Waals surface area contributed by atoms with Crippen molar-refractivity contribution in [3.05, 3.63) is 101 Å². The van der Waals surface area contributed by atoms with Gasteiger partial charge in [-0.05, 0) is 54.5 Å². The van der Waals surface area contributed by atoms with Crippen molar-refractivity contribution in [3.8, 4) is 11.1 Å². The van der Waals surface area contributed by atoms with Gasteiger partial charge in [-0.1, -0.05) is 82.7 Å². The summed E-state index contributed by atoms with van der Waals surface area (Å²) in [5.74, 6) is 0.187. The highest BCUT2D eigenvalue weighted by atomic mass is 79.9. The smallest absolute Gasteiger partial charge is 0.163 e. The summed E-state index contributed by atoms with van der Waals surface area (Å²) in [4.78, 5) is 12.3. The van der Waals surface area contributed by atoms with Crippen LogP contribution in [0, 0.1) is 6.42 Å². The van der Waals surface area contributed by atoms with Crippen LogP contribution in [-0.2, 0) is 6.42 Å². The molecular weight excluding hydrogens is 384 g/mol. The zero-order valence-electron chi connectivity index (χ0n) is 14.7. The molecule has 2 heteroatoms. The van der Waals surface area contributed by atoms with E-state index in [1.807, 2.05) is 42.5 Å². The summed E-state index contributed by atoms with van der Waals surface area (Å²) in [6.07, 6.45) is 5.73. The van der Waals surface area contributed by atoms with Crippen LogP contribution in [0.2, 0.25) is 0 Å². The third kappa shape index (κ3) is 5.40. The highest BCUT2D eigenvalue weighted by molar-refractivity contribution is 9.10. The molecule has 0 heterocycles. The highest BCUT2D eigenvalue weighted by Gasteiger charge is 2.06.